The normalized spacial score (nSPS) is 19.8. The summed E-state index contributed by atoms with van der Waals surface area (Å²) in [6.07, 6.45) is 2.74. The van der Waals surface area contributed by atoms with Crippen LogP contribution in [0, 0.1) is 0 Å². The average molecular weight is 292 g/mol. The number of fused-ring (bicyclic) bond motifs is 1. The summed E-state index contributed by atoms with van der Waals surface area (Å²) in [5.41, 5.74) is 3.01. The van der Waals surface area contributed by atoms with Crippen molar-refractivity contribution in [1.82, 2.24) is 15.5 Å². The zero-order valence-corrected chi connectivity index (χ0v) is 11.9. The summed E-state index contributed by atoms with van der Waals surface area (Å²) in [5.74, 6) is 0.434. The Morgan fingerprint density at radius 2 is 2.05 bits per heavy atom. The van der Waals surface area contributed by atoms with E-state index in [1.54, 1.807) is 6.20 Å². The van der Waals surface area contributed by atoms with Gasteiger partial charge in [-0.1, -0.05) is 30.3 Å². The van der Waals surface area contributed by atoms with Crippen molar-refractivity contribution in [3.8, 4) is 0 Å². The van der Waals surface area contributed by atoms with Crippen LogP contribution in [0.25, 0.3) is 10.9 Å². The Kier molecular flexibility index (Phi) is 3.04. The monoisotopic (exact) mass is 292 g/mol. The van der Waals surface area contributed by atoms with E-state index in [0.29, 0.717) is 5.92 Å². The zero-order chi connectivity index (χ0) is 14.9. The van der Waals surface area contributed by atoms with Crippen molar-refractivity contribution < 1.29 is 4.79 Å². The van der Waals surface area contributed by atoms with Crippen LogP contribution in [0.2, 0.25) is 0 Å². The van der Waals surface area contributed by atoms with Gasteiger partial charge in [-0.3, -0.25) is 5.10 Å². The number of hydrogen-bond donors (Lipinski definition) is 3. The van der Waals surface area contributed by atoms with Crippen LogP contribution in [0.4, 0.5) is 10.5 Å². The highest BCUT2D eigenvalue weighted by Gasteiger charge is 2.39. The molecule has 0 aliphatic heterocycles. The third kappa shape index (κ3) is 2.53. The van der Waals surface area contributed by atoms with Gasteiger partial charge in [-0.05, 0) is 30.2 Å². The van der Waals surface area contributed by atoms with E-state index in [2.05, 4.69) is 33.0 Å². The van der Waals surface area contributed by atoms with Crippen molar-refractivity contribution in [2.24, 2.45) is 0 Å². The molecule has 5 nitrogen and oxygen atoms in total. The number of nitrogens with zero attached hydrogens (tertiary/aromatic N) is 1. The van der Waals surface area contributed by atoms with Crippen LogP contribution < -0.4 is 10.6 Å². The predicted octanol–water partition coefficient (Wildman–Crippen LogP) is 3.24. The molecule has 3 aromatic rings. The standard InChI is InChI=1S/C17H16N4O/c22-17(19-13-6-7-15-12(8-13)10-18-21-15)20-16-9-14(16)11-4-2-1-3-5-11/h1-8,10,14,16H,9H2,(H,18,21)(H2,19,20,22)/t14-,16+/m0/s1. The lowest BCUT2D eigenvalue weighted by molar-refractivity contribution is 0.251. The fourth-order valence-corrected chi connectivity index (χ4v) is 2.78. The summed E-state index contributed by atoms with van der Waals surface area (Å²) in [6.45, 7) is 0. The number of hydrogen-bond acceptors (Lipinski definition) is 2. The molecule has 2 atom stereocenters. The molecule has 1 aliphatic rings. The summed E-state index contributed by atoms with van der Waals surface area (Å²) in [7, 11) is 0. The molecule has 0 bridgehead atoms. The van der Waals surface area contributed by atoms with Crippen molar-refractivity contribution in [2.75, 3.05) is 5.32 Å². The number of rotatable bonds is 3. The molecule has 1 saturated carbocycles. The maximum Gasteiger partial charge on any atom is 0.319 e. The van der Waals surface area contributed by atoms with Crippen molar-refractivity contribution in [1.29, 1.82) is 0 Å². The number of aromatic nitrogens is 2. The molecular formula is C17H16N4O. The van der Waals surface area contributed by atoms with E-state index in [1.165, 1.54) is 5.56 Å². The summed E-state index contributed by atoms with van der Waals surface area (Å²) in [5, 5.41) is 13.7. The van der Waals surface area contributed by atoms with Gasteiger partial charge in [0.15, 0.2) is 0 Å². The number of carbonyl (C=O) groups excluding carboxylic acids is 1. The SMILES string of the molecule is O=C(Nc1ccc2[nH]ncc2c1)N[C@@H]1C[C@H]1c1ccccc1. The molecular weight excluding hydrogens is 276 g/mol. The molecule has 110 valence electrons. The van der Waals surface area contributed by atoms with Gasteiger partial charge >= 0.3 is 6.03 Å². The van der Waals surface area contributed by atoms with Gasteiger partial charge in [-0.15, -0.1) is 0 Å². The second-order valence-electron chi connectivity index (χ2n) is 5.63. The van der Waals surface area contributed by atoms with Crippen LogP contribution in [0.1, 0.15) is 17.9 Å². The van der Waals surface area contributed by atoms with E-state index in [0.717, 1.165) is 23.0 Å². The number of nitrogens with one attached hydrogen (secondary N) is 3. The molecule has 0 saturated heterocycles. The Bertz CT molecular complexity index is 812. The van der Waals surface area contributed by atoms with E-state index in [4.69, 9.17) is 0 Å². The van der Waals surface area contributed by atoms with Crippen LogP contribution in [0.3, 0.4) is 0 Å². The van der Waals surface area contributed by atoms with Crippen molar-refractivity contribution in [2.45, 2.75) is 18.4 Å². The van der Waals surface area contributed by atoms with Gasteiger partial charge in [0, 0.05) is 23.0 Å². The van der Waals surface area contributed by atoms with Crippen LogP contribution in [0.15, 0.2) is 54.7 Å². The van der Waals surface area contributed by atoms with Crippen LogP contribution >= 0.6 is 0 Å². The molecule has 1 aliphatic carbocycles. The van der Waals surface area contributed by atoms with E-state index in [-0.39, 0.29) is 12.1 Å². The first-order valence-corrected chi connectivity index (χ1v) is 7.35. The number of urea groups is 1. The third-order valence-corrected chi connectivity index (χ3v) is 4.03. The number of benzene rings is 2. The minimum Gasteiger partial charge on any atom is -0.334 e. The zero-order valence-electron chi connectivity index (χ0n) is 11.9. The second-order valence-corrected chi connectivity index (χ2v) is 5.63. The largest absolute Gasteiger partial charge is 0.334 e. The number of carbonyl (C=O) groups is 1. The Labute approximate surface area is 127 Å². The molecule has 2 amide bonds. The molecule has 0 unspecified atom stereocenters. The van der Waals surface area contributed by atoms with Crippen LogP contribution in [0.5, 0.6) is 0 Å². The average Bonchev–Trinajstić information content (AvgIpc) is 3.13. The Hall–Kier alpha value is -2.82. The number of aromatic amines is 1. The molecule has 22 heavy (non-hydrogen) atoms. The maximum atomic E-state index is 12.1. The predicted molar refractivity (Wildman–Crippen MR) is 85.8 cm³/mol. The highest BCUT2D eigenvalue weighted by Crippen LogP contribution is 2.40. The van der Waals surface area contributed by atoms with Crippen LogP contribution in [-0.4, -0.2) is 22.3 Å². The van der Waals surface area contributed by atoms with Gasteiger partial charge < -0.3 is 10.6 Å². The van der Waals surface area contributed by atoms with Gasteiger partial charge in [0.05, 0.1) is 11.7 Å². The number of amides is 2. The fourth-order valence-electron chi connectivity index (χ4n) is 2.78. The smallest absolute Gasteiger partial charge is 0.319 e. The minimum atomic E-state index is -0.161. The molecule has 3 N–H and O–H groups in total. The van der Waals surface area contributed by atoms with Gasteiger partial charge in [-0.25, -0.2) is 4.79 Å². The molecule has 1 heterocycles. The lowest BCUT2D eigenvalue weighted by Gasteiger charge is -2.07. The maximum absolute atomic E-state index is 12.1. The molecule has 0 spiro atoms. The van der Waals surface area contributed by atoms with Gasteiger partial charge in [0.1, 0.15) is 0 Å². The molecule has 5 heteroatoms. The van der Waals surface area contributed by atoms with Crippen molar-refractivity contribution in [3.05, 3.63) is 60.3 Å². The fraction of sp³-hybridized carbons (Fsp3) is 0.176. The number of H-pyrrole nitrogens is 1. The van der Waals surface area contributed by atoms with E-state index in [9.17, 15) is 4.79 Å². The molecule has 2 aromatic carbocycles. The summed E-state index contributed by atoms with van der Waals surface area (Å²) in [4.78, 5) is 12.1. The molecule has 4 rings (SSSR count). The highest BCUT2D eigenvalue weighted by molar-refractivity contribution is 5.92. The molecule has 1 fully saturated rings. The quantitative estimate of drug-likeness (QED) is 0.693. The third-order valence-electron chi connectivity index (χ3n) is 4.03. The molecule has 1 aromatic heterocycles. The first-order valence-electron chi connectivity index (χ1n) is 7.35. The summed E-state index contributed by atoms with van der Waals surface area (Å²) >= 11 is 0. The van der Waals surface area contributed by atoms with Crippen molar-refractivity contribution in [3.63, 3.8) is 0 Å². The Morgan fingerprint density at radius 1 is 1.18 bits per heavy atom. The lowest BCUT2D eigenvalue weighted by atomic mass is 10.1. The minimum absolute atomic E-state index is 0.161. The van der Waals surface area contributed by atoms with E-state index in [1.807, 2.05) is 36.4 Å². The highest BCUT2D eigenvalue weighted by atomic mass is 16.2. The van der Waals surface area contributed by atoms with Gasteiger partial charge in [-0.2, -0.15) is 5.10 Å². The van der Waals surface area contributed by atoms with E-state index >= 15 is 0 Å². The Balaban J connectivity index is 1.37. The summed E-state index contributed by atoms with van der Waals surface area (Å²) < 4.78 is 0. The second kappa shape index (κ2) is 5.18. The topological polar surface area (TPSA) is 69.8 Å². The van der Waals surface area contributed by atoms with Gasteiger partial charge in [0.2, 0.25) is 0 Å². The van der Waals surface area contributed by atoms with Crippen LogP contribution in [-0.2, 0) is 0 Å². The Morgan fingerprint density at radius 3 is 2.91 bits per heavy atom. The first kappa shape index (κ1) is 12.9. The summed E-state index contributed by atoms with van der Waals surface area (Å²) in [6, 6.07) is 16.0. The molecule has 0 radical (unpaired) electrons. The number of anilines is 1. The van der Waals surface area contributed by atoms with Crippen molar-refractivity contribution >= 4 is 22.6 Å². The first-order chi connectivity index (χ1) is 10.8. The van der Waals surface area contributed by atoms with Gasteiger partial charge in [0.25, 0.3) is 0 Å². The lowest BCUT2D eigenvalue weighted by Crippen LogP contribution is -2.31. The van der Waals surface area contributed by atoms with E-state index < -0.39 is 0 Å².